The topological polar surface area (TPSA) is 53.0 Å². The highest BCUT2D eigenvalue weighted by molar-refractivity contribution is 6.32. The van der Waals surface area contributed by atoms with Crippen LogP contribution in [-0.4, -0.2) is 60.6 Å². The first kappa shape index (κ1) is 16.1. The number of amides is 1. The minimum atomic E-state index is -0.580. The van der Waals surface area contributed by atoms with Crippen LogP contribution in [0.5, 0.6) is 5.75 Å². The van der Waals surface area contributed by atoms with Gasteiger partial charge in [-0.25, -0.2) is 0 Å². The number of carbonyl (C=O) groups excluding carboxylic acids is 1. The van der Waals surface area contributed by atoms with E-state index in [9.17, 15) is 9.90 Å². The summed E-state index contributed by atoms with van der Waals surface area (Å²) >= 11 is 6.09. The van der Waals surface area contributed by atoms with E-state index in [-0.39, 0.29) is 12.5 Å². The van der Waals surface area contributed by atoms with E-state index in [0.29, 0.717) is 10.8 Å². The Bertz CT molecular complexity index is 500. The van der Waals surface area contributed by atoms with Crippen LogP contribution in [-0.2, 0) is 4.79 Å². The van der Waals surface area contributed by atoms with Crippen LogP contribution in [0.3, 0.4) is 0 Å². The third-order valence-corrected chi connectivity index (χ3v) is 3.94. The largest absolute Gasteiger partial charge is 0.482 e. The zero-order valence-electron chi connectivity index (χ0n) is 12.4. The molecular weight excluding hydrogens is 292 g/mol. The van der Waals surface area contributed by atoms with Gasteiger partial charge in [-0.05, 0) is 31.7 Å². The molecule has 1 aliphatic heterocycles. The number of hydrogen-bond acceptors (Lipinski definition) is 4. The van der Waals surface area contributed by atoms with Gasteiger partial charge in [0.1, 0.15) is 5.75 Å². The molecule has 1 heterocycles. The van der Waals surface area contributed by atoms with Crippen LogP contribution < -0.4 is 4.74 Å². The minimum absolute atomic E-state index is 0.0164. The van der Waals surface area contributed by atoms with Crippen LogP contribution in [0.15, 0.2) is 18.2 Å². The van der Waals surface area contributed by atoms with Crippen LogP contribution >= 0.6 is 11.6 Å². The average molecular weight is 313 g/mol. The Kier molecular flexibility index (Phi) is 5.45. The summed E-state index contributed by atoms with van der Waals surface area (Å²) in [5.41, 5.74) is 0.720. The van der Waals surface area contributed by atoms with Crippen LogP contribution in [0.2, 0.25) is 5.02 Å². The van der Waals surface area contributed by atoms with Crippen molar-refractivity contribution in [2.24, 2.45) is 0 Å². The fourth-order valence-electron chi connectivity index (χ4n) is 2.18. The van der Waals surface area contributed by atoms with Crippen LogP contribution in [0.25, 0.3) is 0 Å². The molecule has 1 N–H and O–H groups in total. The molecule has 21 heavy (non-hydrogen) atoms. The van der Waals surface area contributed by atoms with Gasteiger partial charge in [0, 0.05) is 26.2 Å². The summed E-state index contributed by atoms with van der Waals surface area (Å²) in [6.45, 7) is 4.88. The first-order valence-electron chi connectivity index (χ1n) is 7.04. The maximum Gasteiger partial charge on any atom is 0.260 e. The normalized spacial score (nSPS) is 17.6. The Morgan fingerprint density at radius 1 is 1.38 bits per heavy atom. The van der Waals surface area contributed by atoms with Crippen molar-refractivity contribution >= 4 is 17.5 Å². The highest BCUT2D eigenvalue weighted by Gasteiger charge is 2.19. The third kappa shape index (κ3) is 4.33. The number of ether oxygens (including phenoxy) is 1. The van der Waals surface area contributed by atoms with Gasteiger partial charge in [0.15, 0.2) is 6.61 Å². The van der Waals surface area contributed by atoms with Crippen LogP contribution in [0.1, 0.15) is 18.6 Å². The van der Waals surface area contributed by atoms with Gasteiger partial charge >= 0.3 is 0 Å². The molecule has 2 rings (SSSR count). The number of halogens is 1. The molecule has 0 unspecified atom stereocenters. The Balaban J connectivity index is 1.89. The Morgan fingerprint density at radius 2 is 2.05 bits per heavy atom. The molecule has 1 aromatic carbocycles. The van der Waals surface area contributed by atoms with Crippen molar-refractivity contribution in [3.63, 3.8) is 0 Å². The number of aliphatic hydroxyl groups is 1. The molecular formula is C15H21ClN2O3. The average Bonchev–Trinajstić information content (AvgIpc) is 2.46. The minimum Gasteiger partial charge on any atom is -0.482 e. The summed E-state index contributed by atoms with van der Waals surface area (Å²) in [6, 6.07) is 5.08. The molecule has 0 saturated carbocycles. The molecule has 5 nitrogen and oxygen atoms in total. The van der Waals surface area contributed by atoms with Crippen molar-refractivity contribution in [3.05, 3.63) is 28.8 Å². The van der Waals surface area contributed by atoms with Crippen molar-refractivity contribution in [1.82, 2.24) is 9.80 Å². The lowest BCUT2D eigenvalue weighted by atomic mass is 10.1. The summed E-state index contributed by atoms with van der Waals surface area (Å²) in [5.74, 6) is 0.433. The maximum absolute atomic E-state index is 12.1. The Hall–Kier alpha value is -1.30. The lowest BCUT2D eigenvalue weighted by molar-refractivity contribution is -0.134. The number of likely N-dealkylation sites (N-methyl/N-ethyl adjacent to an activating group) is 1. The van der Waals surface area contributed by atoms with Crippen molar-refractivity contribution in [3.8, 4) is 5.75 Å². The predicted octanol–water partition coefficient (Wildman–Crippen LogP) is 1.55. The lowest BCUT2D eigenvalue weighted by Gasteiger charge is -2.32. The SMILES string of the molecule is C[C@H](O)c1ccc(OCC(=O)N2CCN(C)CC2)c(Cl)c1. The first-order chi connectivity index (χ1) is 9.97. The van der Waals surface area contributed by atoms with Gasteiger partial charge in [-0.2, -0.15) is 0 Å². The van der Waals surface area contributed by atoms with E-state index >= 15 is 0 Å². The molecule has 0 radical (unpaired) electrons. The molecule has 0 aromatic heterocycles. The zero-order valence-corrected chi connectivity index (χ0v) is 13.1. The third-order valence-electron chi connectivity index (χ3n) is 3.65. The van der Waals surface area contributed by atoms with E-state index in [1.807, 2.05) is 7.05 Å². The molecule has 1 saturated heterocycles. The second-order valence-corrected chi connectivity index (χ2v) is 5.75. The van der Waals surface area contributed by atoms with Crippen LogP contribution in [0.4, 0.5) is 0 Å². The number of nitrogens with zero attached hydrogens (tertiary/aromatic N) is 2. The molecule has 1 aromatic rings. The summed E-state index contributed by atoms with van der Waals surface area (Å²) in [4.78, 5) is 16.1. The zero-order chi connectivity index (χ0) is 15.4. The predicted molar refractivity (Wildman–Crippen MR) is 81.7 cm³/mol. The van der Waals surface area contributed by atoms with Gasteiger partial charge in [0.05, 0.1) is 11.1 Å². The summed E-state index contributed by atoms with van der Waals surface area (Å²) in [7, 11) is 2.04. The number of carbonyl (C=O) groups is 1. The number of benzene rings is 1. The lowest BCUT2D eigenvalue weighted by Crippen LogP contribution is -2.48. The highest BCUT2D eigenvalue weighted by Crippen LogP contribution is 2.27. The fraction of sp³-hybridized carbons (Fsp3) is 0.533. The smallest absolute Gasteiger partial charge is 0.260 e. The standard InChI is InChI=1S/C15H21ClN2O3/c1-11(19)12-3-4-14(13(16)9-12)21-10-15(20)18-7-5-17(2)6-8-18/h3-4,9,11,19H,5-8,10H2,1-2H3/t11-/m0/s1. The van der Waals surface area contributed by atoms with E-state index in [1.165, 1.54) is 0 Å². The monoisotopic (exact) mass is 312 g/mol. The van der Waals surface area contributed by atoms with Gasteiger partial charge in [-0.1, -0.05) is 17.7 Å². The van der Waals surface area contributed by atoms with E-state index in [4.69, 9.17) is 16.3 Å². The van der Waals surface area contributed by atoms with Gasteiger partial charge in [0.25, 0.3) is 5.91 Å². The molecule has 1 amide bonds. The molecule has 6 heteroatoms. The van der Waals surface area contributed by atoms with Gasteiger partial charge in [-0.3, -0.25) is 4.79 Å². The van der Waals surface area contributed by atoms with Gasteiger partial charge < -0.3 is 19.6 Å². The quantitative estimate of drug-likeness (QED) is 0.916. The molecule has 1 fully saturated rings. The van der Waals surface area contributed by atoms with Gasteiger partial charge in [0.2, 0.25) is 0 Å². The van der Waals surface area contributed by atoms with Crippen molar-refractivity contribution in [2.45, 2.75) is 13.0 Å². The molecule has 0 aliphatic carbocycles. The van der Waals surface area contributed by atoms with Crippen molar-refractivity contribution in [1.29, 1.82) is 0 Å². The van der Waals surface area contributed by atoms with Crippen LogP contribution in [0, 0.1) is 0 Å². The van der Waals surface area contributed by atoms with E-state index in [1.54, 1.807) is 30.0 Å². The second kappa shape index (κ2) is 7.11. The molecule has 0 spiro atoms. The summed E-state index contributed by atoms with van der Waals surface area (Å²) in [5, 5.41) is 9.89. The fourth-order valence-corrected chi connectivity index (χ4v) is 2.42. The van der Waals surface area contributed by atoms with E-state index < -0.39 is 6.10 Å². The van der Waals surface area contributed by atoms with Crippen molar-refractivity contribution in [2.75, 3.05) is 39.8 Å². The van der Waals surface area contributed by atoms with Gasteiger partial charge in [-0.15, -0.1) is 0 Å². The summed E-state index contributed by atoms with van der Waals surface area (Å²) < 4.78 is 5.49. The summed E-state index contributed by atoms with van der Waals surface area (Å²) in [6.07, 6.45) is -0.580. The highest BCUT2D eigenvalue weighted by atomic mass is 35.5. The number of hydrogen-bond donors (Lipinski definition) is 1. The number of piperazine rings is 1. The second-order valence-electron chi connectivity index (χ2n) is 5.34. The maximum atomic E-state index is 12.1. The molecule has 1 atom stereocenters. The number of aliphatic hydroxyl groups excluding tert-OH is 1. The first-order valence-corrected chi connectivity index (χ1v) is 7.42. The molecule has 116 valence electrons. The number of rotatable bonds is 4. The van der Waals surface area contributed by atoms with Crippen molar-refractivity contribution < 1.29 is 14.6 Å². The molecule has 1 aliphatic rings. The molecule has 0 bridgehead atoms. The van der Waals surface area contributed by atoms with E-state index in [2.05, 4.69) is 4.90 Å². The van der Waals surface area contributed by atoms with E-state index in [0.717, 1.165) is 31.7 Å². The Morgan fingerprint density at radius 3 is 2.62 bits per heavy atom. The Labute approximate surface area is 130 Å².